The first kappa shape index (κ1) is 18.6. The van der Waals surface area contributed by atoms with E-state index in [2.05, 4.69) is 56.3 Å². The predicted molar refractivity (Wildman–Crippen MR) is 118 cm³/mol. The Balaban J connectivity index is 1.33. The van der Waals surface area contributed by atoms with E-state index in [9.17, 15) is 0 Å². The van der Waals surface area contributed by atoms with E-state index in [1.807, 2.05) is 18.6 Å². The Morgan fingerprint density at radius 1 is 1.28 bits per heavy atom. The molecule has 5 rings (SSSR count). The summed E-state index contributed by atoms with van der Waals surface area (Å²) in [5, 5.41) is 8.40. The molecular formula is C21H25N7S. The number of hydrogen-bond donors (Lipinski definition) is 2. The fourth-order valence-corrected chi connectivity index (χ4v) is 4.91. The second-order valence-electron chi connectivity index (χ2n) is 8.28. The van der Waals surface area contributed by atoms with Crippen LogP contribution in [0.3, 0.4) is 0 Å². The van der Waals surface area contributed by atoms with E-state index in [1.165, 1.54) is 4.91 Å². The summed E-state index contributed by atoms with van der Waals surface area (Å²) >= 11 is 1.62. The van der Waals surface area contributed by atoms with Gasteiger partial charge in [-0.05, 0) is 24.8 Å². The molecule has 3 N–H and O–H groups in total. The van der Waals surface area contributed by atoms with Gasteiger partial charge in [0, 0.05) is 42.2 Å². The zero-order valence-corrected chi connectivity index (χ0v) is 17.3. The van der Waals surface area contributed by atoms with E-state index < -0.39 is 0 Å². The van der Waals surface area contributed by atoms with Crippen molar-refractivity contribution >= 4 is 35.0 Å². The number of nitrogens with zero attached hydrogens (tertiary/aromatic N) is 5. The summed E-state index contributed by atoms with van der Waals surface area (Å²) in [5.74, 6) is 1.62. The Hall–Kier alpha value is -2.45. The number of hydrogen-bond acceptors (Lipinski definition) is 7. The van der Waals surface area contributed by atoms with Crippen LogP contribution in [0.25, 0.3) is 11.2 Å². The van der Waals surface area contributed by atoms with Crippen LogP contribution in [0, 0.1) is 17.3 Å². The van der Waals surface area contributed by atoms with E-state index in [0.29, 0.717) is 11.8 Å². The number of nitrogens with one attached hydrogen (secondary N) is 1. The van der Waals surface area contributed by atoms with Crippen molar-refractivity contribution in [3.05, 3.63) is 41.6 Å². The summed E-state index contributed by atoms with van der Waals surface area (Å²) in [7, 11) is 0. The van der Waals surface area contributed by atoms with Crippen LogP contribution >= 0.6 is 11.8 Å². The number of aromatic amines is 1. The van der Waals surface area contributed by atoms with Crippen molar-refractivity contribution in [2.45, 2.75) is 24.8 Å². The number of thioether (sulfide) groups is 1. The largest absolute Gasteiger partial charge is 0.355 e. The minimum absolute atomic E-state index is 0.242. The van der Waals surface area contributed by atoms with Crippen molar-refractivity contribution < 1.29 is 0 Å². The molecule has 0 spiro atoms. The van der Waals surface area contributed by atoms with Crippen LogP contribution in [0.1, 0.15) is 19.8 Å². The molecular weight excluding hydrogens is 382 g/mol. The normalized spacial score (nSPS) is 25.3. The van der Waals surface area contributed by atoms with Crippen molar-refractivity contribution in [3.8, 4) is 0 Å². The lowest BCUT2D eigenvalue weighted by molar-refractivity contribution is 0.258. The van der Waals surface area contributed by atoms with Crippen LogP contribution < -0.4 is 10.6 Å². The second-order valence-corrected chi connectivity index (χ2v) is 9.34. The molecule has 0 radical (unpaired) electrons. The molecule has 8 heteroatoms. The quantitative estimate of drug-likeness (QED) is 0.807. The summed E-state index contributed by atoms with van der Waals surface area (Å²) in [6.07, 6.45) is 16.6. The van der Waals surface area contributed by atoms with Crippen LogP contribution in [0.5, 0.6) is 0 Å². The van der Waals surface area contributed by atoms with Gasteiger partial charge in [-0.25, -0.2) is 9.97 Å². The highest BCUT2D eigenvalue weighted by Gasteiger charge is 2.29. The Kier molecular flexibility index (Phi) is 4.75. The number of anilines is 1. The maximum absolute atomic E-state index is 5.93. The molecule has 2 atom stereocenters. The first-order chi connectivity index (χ1) is 14.1. The van der Waals surface area contributed by atoms with Gasteiger partial charge in [0.05, 0.1) is 6.20 Å². The lowest BCUT2D eigenvalue weighted by Gasteiger charge is -2.39. The topological polar surface area (TPSA) is 96.1 Å². The van der Waals surface area contributed by atoms with Gasteiger partial charge in [-0.3, -0.25) is 10.1 Å². The number of aliphatic imine (C=N–C) groups is 1. The molecule has 1 saturated heterocycles. The van der Waals surface area contributed by atoms with E-state index in [1.54, 1.807) is 11.8 Å². The summed E-state index contributed by atoms with van der Waals surface area (Å²) in [5.41, 5.74) is 7.73. The maximum atomic E-state index is 5.93. The Bertz CT molecular complexity index is 1030. The van der Waals surface area contributed by atoms with Crippen molar-refractivity contribution in [1.82, 2.24) is 20.2 Å². The molecule has 29 heavy (non-hydrogen) atoms. The Morgan fingerprint density at radius 3 is 2.97 bits per heavy atom. The lowest BCUT2D eigenvalue weighted by Crippen LogP contribution is -2.42. The third-order valence-corrected chi connectivity index (χ3v) is 7.15. The molecule has 2 unspecified atom stereocenters. The van der Waals surface area contributed by atoms with Gasteiger partial charge in [-0.1, -0.05) is 43.0 Å². The van der Waals surface area contributed by atoms with Crippen LogP contribution in [0.15, 0.2) is 51.6 Å². The van der Waals surface area contributed by atoms with Crippen molar-refractivity contribution in [1.29, 1.82) is 0 Å². The van der Waals surface area contributed by atoms with Gasteiger partial charge < -0.3 is 10.6 Å². The van der Waals surface area contributed by atoms with Crippen molar-refractivity contribution in [2.24, 2.45) is 28.0 Å². The van der Waals surface area contributed by atoms with Crippen LogP contribution in [0.2, 0.25) is 0 Å². The molecule has 2 aromatic heterocycles. The fourth-order valence-electron chi connectivity index (χ4n) is 3.98. The molecule has 0 saturated carbocycles. The average molecular weight is 408 g/mol. The molecule has 2 aliphatic heterocycles. The monoisotopic (exact) mass is 407 g/mol. The summed E-state index contributed by atoms with van der Waals surface area (Å²) < 4.78 is 0. The molecule has 7 nitrogen and oxygen atoms in total. The Morgan fingerprint density at radius 2 is 2.14 bits per heavy atom. The first-order valence-electron chi connectivity index (χ1n) is 10.1. The molecule has 0 bridgehead atoms. The highest BCUT2D eigenvalue weighted by atomic mass is 32.2. The van der Waals surface area contributed by atoms with Crippen molar-refractivity contribution in [3.63, 3.8) is 0 Å². The number of rotatable bonds is 4. The molecule has 0 amide bonds. The molecule has 0 aromatic carbocycles. The standard InChI is InChI=1S/C21H25N7S/c1-21(13-22)5-8-28(9-6-21)17-12-24-18-19(25-17)26-27-20(18)29-16-3-2-15-11-23-7-4-14(15)10-16/h2-4,7,10-12,14-15H,5-6,8-9,13,22H2,1H3,(H,25,26,27). The third kappa shape index (κ3) is 3.62. The number of H-pyrrole nitrogens is 1. The molecule has 150 valence electrons. The minimum atomic E-state index is 0.242. The fraction of sp³-hybridized carbons (Fsp3) is 0.429. The zero-order chi connectivity index (χ0) is 19.8. The number of aromatic nitrogens is 4. The van der Waals surface area contributed by atoms with E-state index >= 15 is 0 Å². The van der Waals surface area contributed by atoms with Crippen molar-refractivity contribution in [2.75, 3.05) is 24.5 Å². The highest BCUT2D eigenvalue weighted by molar-refractivity contribution is 8.03. The SMILES string of the molecule is CC1(CN)CCN(c2cnc3c(SC4=CC5C=CN=CC5C=C4)n[nH]c3n2)CC1. The zero-order valence-electron chi connectivity index (χ0n) is 16.5. The summed E-state index contributed by atoms with van der Waals surface area (Å²) in [4.78, 5) is 17.2. The molecule has 1 fully saturated rings. The predicted octanol–water partition coefficient (Wildman–Crippen LogP) is 3.29. The summed E-state index contributed by atoms with van der Waals surface area (Å²) in [6.45, 7) is 4.92. The summed E-state index contributed by atoms with van der Waals surface area (Å²) in [6, 6.07) is 0. The van der Waals surface area contributed by atoms with Crippen LogP contribution in [-0.4, -0.2) is 46.0 Å². The van der Waals surface area contributed by atoms with E-state index in [4.69, 9.17) is 10.7 Å². The number of piperidine rings is 1. The highest BCUT2D eigenvalue weighted by Crippen LogP contribution is 2.36. The first-order valence-corrected chi connectivity index (χ1v) is 10.9. The smallest absolute Gasteiger partial charge is 0.177 e. The van der Waals surface area contributed by atoms with E-state index in [0.717, 1.165) is 54.5 Å². The van der Waals surface area contributed by atoms with Gasteiger partial charge in [0.2, 0.25) is 0 Å². The van der Waals surface area contributed by atoms with Gasteiger partial charge in [0.1, 0.15) is 11.3 Å². The number of fused-ring (bicyclic) bond motifs is 2. The molecule has 2 aromatic rings. The number of allylic oxidation sites excluding steroid dienone is 4. The van der Waals surface area contributed by atoms with Crippen LogP contribution in [0.4, 0.5) is 5.82 Å². The van der Waals surface area contributed by atoms with Gasteiger partial charge >= 0.3 is 0 Å². The van der Waals surface area contributed by atoms with Gasteiger partial charge in [0.15, 0.2) is 10.7 Å². The third-order valence-electron chi connectivity index (χ3n) is 6.16. The second kappa shape index (κ2) is 7.42. The van der Waals surface area contributed by atoms with Gasteiger partial charge in [0.25, 0.3) is 0 Å². The average Bonchev–Trinajstić information content (AvgIpc) is 3.16. The molecule has 1 aliphatic carbocycles. The van der Waals surface area contributed by atoms with Gasteiger partial charge in [-0.15, -0.1) is 0 Å². The van der Waals surface area contributed by atoms with E-state index in [-0.39, 0.29) is 5.41 Å². The number of nitrogens with two attached hydrogens (primary N) is 1. The maximum Gasteiger partial charge on any atom is 0.177 e. The lowest BCUT2D eigenvalue weighted by atomic mass is 9.80. The molecule has 4 heterocycles. The Labute approximate surface area is 174 Å². The molecule has 3 aliphatic rings. The van der Waals surface area contributed by atoms with Crippen LogP contribution in [-0.2, 0) is 0 Å². The minimum Gasteiger partial charge on any atom is -0.355 e. The van der Waals surface area contributed by atoms with Gasteiger partial charge in [-0.2, -0.15) is 5.10 Å².